The van der Waals surface area contributed by atoms with Gasteiger partial charge in [0.1, 0.15) is 25.7 Å². The van der Waals surface area contributed by atoms with Gasteiger partial charge in [-0.3, -0.25) is 0 Å². The van der Waals surface area contributed by atoms with Crippen molar-refractivity contribution in [3.8, 4) is 0 Å². The summed E-state index contributed by atoms with van der Waals surface area (Å²) in [5.74, 6) is 0. The van der Waals surface area contributed by atoms with Crippen LogP contribution in [0.1, 0.15) is 6.92 Å². The number of hydrogen-bond donors (Lipinski definition) is 2. The molecule has 0 radical (unpaired) electrons. The minimum absolute atomic E-state index is 0.712. The van der Waals surface area contributed by atoms with Crippen molar-refractivity contribution in [2.45, 2.75) is 13.0 Å². The van der Waals surface area contributed by atoms with E-state index in [1.165, 1.54) is 0 Å². The molecule has 1 aliphatic heterocycles. The third-order valence-corrected chi connectivity index (χ3v) is 2.26. The summed E-state index contributed by atoms with van der Waals surface area (Å²) < 4.78 is 5.25. The molecular weight excluding hydrogens is 128 g/mol. The number of ether oxygens (including phenoxy) is 1. The first-order chi connectivity index (χ1) is 4.84. The Labute approximate surface area is 62.1 Å². The van der Waals surface area contributed by atoms with E-state index < -0.39 is 0 Å². The fourth-order valence-electron chi connectivity index (χ4n) is 1.33. The zero-order valence-electron chi connectivity index (χ0n) is 6.73. The maximum atomic E-state index is 5.25. The van der Waals surface area contributed by atoms with Crippen molar-refractivity contribution in [3.05, 3.63) is 0 Å². The fraction of sp³-hybridized carbons (Fsp3) is 1.00. The van der Waals surface area contributed by atoms with Gasteiger partial charge in [-0.2, -0.15) is 0 Å². The molecule has 1 heterocycles. The number of quaternary nitrogens is 2. The van der Waals surface area contributed by atoms with Crippen molar-refractivity contribution in [1.82, 2.24) is 0 Å². The van der Waals surface area contributed by atoms with Gasteiger partial charge in [-0.25, -0.2) is 0 Å². The molecule has 3 nitrogen and oxygen atoms in total. The zero-order chi connectivity index (χ0) is 7.40. The van der Waals surface area contributed by atoms with E-state index in [4.69, 9.17) is 4.74 Å². The smallest absolute Gasteiger partial charge is 0.134 e. The Morgan fingerprint density at radius 2 is 2.10 bits per heavy atom. The van der Waals surface area contributed by atoms with Gasteiger partial charge in [-0.05, 0) is 6.92 Å². The topological polar surface area (TPSA) is 41.3 Å². The van der Waals surface area contributed by atoms with Gasteiger partial charge in [0.2, 0.25) is 0 Å². The minimum Gasteiger partial charge on any atom is -0.370 e. The molecule has 10 heavy (non-hydrogen) atoms. The molecule has 0 saturated carbocycles. The van der Waals surface area contributed by atoms with E-state index in [0.29, 0.717) is 6.04 Å². The maximum absolute atomic E-state index is 5.25. The van der Waals surface area contributed by atoms with Crippen LogP contribution in [0.2, 0.25) is 0 Å². The second-order valence-electron chi connectivity index (χ2n) is 2.96. The van der Waals surface area contributed by atoms with Crippen molar-refractivity contribution in [2.75, 3.05) is 32.8 Å². The summed E-state index contributed by atoms with van der Waals surface area (Å²) in [7, 11) is 0. The summed E-state index contributed by atoms with van der Waals surface area (Å²) in [6.45, 7) is 7.48. The monoisotopic (exact) mass is 146 g/mol. The molecule has 0 bridgehead atoms. The molecule has 1 fully saturated rings. The van der Waals surface area contributed by atoms with Gasteiger partial charge in [0.05, 0.1) is 13.2 Å². The summed E-state index contributed by atoms with van der Waals surface area (Å²) in [6, 6.07) is 0.712. The lowest BCUT2D eigenvalue weighted by Gasteiger charge is -2.27. The van der Waals surface area contributed by atoms with Crippen LogP contribution < -0.4 is 10.6 Å². The Kier molecular flexibility index (Phi) is 3.12. The second-order valence-corrected chi connectivity index (χ2v) is 2.96. The number of nitrogens with one attached hydrogen (secondary N) is 1. The van der Waals surface area contributed by atoms with Crippen LogP contribution in [0.3, 0.4) is 0 Å². The normalized spacial score (nSPS) is 24.6. The van der Waals surface area contributed by atoms with Crippen LogP contribution >= 0.6 is 0 Å². The van der Waals surface area contributed by atoms with E-state index in [1.807, 2.05) is 0 Å². The van der Waals surface area contributed by atoms with E-state index in [9.17, 15) is 0 Å². The standard InChI is InChI=1S/C7H16N2O/c1-7(6-8)9-2-4-10-5-3-9/h7H,2-6,8H2,1H3/p+2/t7-/m0/s1. The summed E-state index contributed by atoms with van der Waals surface area (Å²) in [5, 5.41) is 0. The Hall–Kier alpha value is -0.120. The molecule has 1 aliphatic rings. The number of rotatable bonds is 2. The summed E-state index contributed by atoms with van der Waals surface area (Å²) in [4.78, 5) is 1.65. The van der Waals surface area contributed by atoms with Gasteiger partial charge in [0.25, 0.3) is 0 Å². The van der Waals surface area contributed by atoms with Gasteiger partial charge in [-0.15, -0.1) is 0 Å². The second kappa shape index (κ2) is 3.91. The van der Waals surface area contributed by atoms with Crippen molar-refractivity contribution in [3.63, 3.8) is 0 Å². The van der Waals surface area contributed by atoms with Crippen LogP contribution in [-0.2, 0) is 4.74 Å². The number of morpholine rings is 1. The van der Waals surface area contributed by atoms with Gasteiger partial charge >= 0.3 is 0 Å². The van der Waals surface area contributed by atoms with Crippen LogP contribution in [0.15, 0.2) is 0 Å². The molecule has 0 amide bonds. The van der Waals surface area contributed by atoms with E-state index in [2.05, 4.69) is 12.7 Å². The van der Waals surface area contributed by atoms with Gasteiger partial charge in [-0.1, -0.05) is 0 Å². The molecule has 0 unspecified atom stereocenters. The average molecular weight is 146 g/mol. The molecule has 3 heteroatoms. The van der Waals surface area contributed by atoms with Crippen LogP contribution in [0.4, 0.5) is 0 Å². The highest BCUT2D eigenvalue weighted by Crippen LogP contribution is 1.77. The Balaban J connectivity index is 2.24. The van der Waals surface area contributed by atoms with E-state index >= 15 is 0 Å². The predicted octanol–water partition coefficient (Wildman–Crippen LogP) is -2.47. The first-order valence-corrected chi connectivity index (χ1v) is 4.06. The molecule has 1 atom stereocenters. The quantitative estimate of drug-likeness (QED) is 0.445. The van der Waals surface area contributed by atoms with E-state index in [-0.39, 0.29) is 0 Å². The highest BCUT2D eigenvalue weighted by molar-refractivity contribution is 4.45. The van der Waals surface area contributed by atoms with Crippen molar-refractivity contribution >= 4 is 0 Å². The average Bonchev–Trinajstić information content (AvgIpc) is 2.05. The lowest BCUT2D eigenvalue weighted by Crippen LogP contribution is -3.18. The summed E-state index contributed by atoms with van der Waals surface area (Å²) >= 11 is 0. The Morgan fingerprint density at radius 1 is 1.50 bits per heavy atom. The van der Waals surface area contributed by atoms with E-state index in [1.54, 1.807) is 4.90 Å². The fourth-order valence-corrected chi connectivity index (χ4v) is 1.33. The van der Waals surface area contributed by atoms with Crippen LogP contribution in [0, 0.1) is 0 Å². The van der Waals surface area contributed by atoms with Gasteiger partial charge in [0.15, 0.2) is 0 Å². The zero-order valence-corrected chi connectivity index (χ0v) is 6.73. The molecule has 0 aromatic carbocycles. The number of hydrogen-bond acceptors (Lipinski definition) is 1. The minimum atomic E-state index is 0.712. The third kappa shape index (κ3) is 1.94. The van der Waals surface area contributed by atoms with E-state index in [0.717, 1.165) is 32.8 Å². The molecule has 0 aromatic rings. The molecule has 1 rings (SSSR count). The SMILES string of the molecule is C[C@@H](C[NH3+])[NH+]1CCOCC1. The summed E-state index contributed by atoms with van der Waals surface area (Å²) in [5.41, 5.74) is 3.90. The first-order valence-electron chi connectivity index (χ1n) is 4.06. The largest absolute Gasteiger partial charge is 0.370 e. The highest BCUT2D eigenvalue weighted by atomic mass is 16.5. The molecule has 60 valence electrons. The molecule has 1 saturated heterocycles. The van der Waals surface area contributed by atoms with Crippen molar-refractivity contribution in [1.29, 1.82) is 0 Å². The maximum Gasteiger partial charge on any atom is 0.134 e. The van der Waals surface area contributed by atoms with Crippen molar-refractivity contribution in [2.24, 2.45) is 0 Å². The lowest BCUT2D eigenvalue weighted by atomic mass is 10.2. The molecule has 0 aromatic heterocycles. The highest BCUT2D eigenvalue weighted by Gasteiger charge is 2.19. The lowest BCUT2D eigenvalue weighted by molar-refractivity contribution is -0.936. The molecular formula is C7H18N2O+2. The third-order valence-electron chi connectivity index (χ3n) is 2.26. The Bertz CT molecular complexity index is 91.6. The molecule has 0 spiro atoms. The molecule has 0 aliphatic carbocycles. The van der Waals surface area contributed by atoms with Gasteiger partial charge in [0, 0.05) is 0 Å². The summed E-state index contributed by atoms with van der Waals surface area (Å²) in [6.07, 6.45) is 0. The molecule has 4 N–H and O–H groups in total. The first kappa shape index (κ1) is 7.98. The van der Waals surface area contributed by atoms with Crippen LogP contribution in [0.25, 0.3) is 0 Å². The van der Waals surface area contributed by atoms with Crippen molar-refractivity contribution < 1.29 is 15.4 Å². The predicted molar refractivity (Wildman–Crippen MR) is 38.7 cm³/mol. The van der Waals surface area contributed by atoms with Crippen LogP contribution in [0.5, 0.6) is 0 Å². The Morgan fingerprint density at radius 3 is 2.60 bits per heavy atom. The van der Waals surface area contributed by atoms with Crippen LogP contribution in [-0.4, -0.2) is 38.9 Å². The van der Waals surface area contributed by atoms with Gasteiger partial charge < -0.3 is 15.4 Å².